The van der Waals surface area contributed by atoms with E-state index in [1.54, 1.807) is 0 Å². The lowest BCUT2D eigenvalue weighted by Gasteiger charge is -2.45. The van der Waals surface area contributed by atoms with Crippen LogP contribution in [0.1, 0.15) is 60.3 Å². The van der Waals surface area contributed by atoms with Crippen LogP contribution in [0, 0.1) is 0 Å². The monoisotopic (exact) mass is 440 g/mol. The molecule has 33 heavy (non-hydrogen) atoms. The minimum atomic E-state index is -0.989. The Morgan fingerprint density at radius 1 is 0.727 bits per heavy atom. The van der Waals surface area contributed by atoms with Gasteiger partial charge in [0.1, 0.15) is 5.56 Å². The van der Waals surface area contributed by atoms with Crippen LogP contribution in [0.25, 0.3) is 0 Å². The van der Waals surface area contributed by atoms with Gasteiger partial charge in [-0.25, -0.2) is 4.79 Å². The first-order chi connectivity index (χ1) is 15.6. The van der Waals surface area contributed by atoms with Crippen molar-refractivity contribution in [2.75, 3.05) is 10.6 Å². The first kappa shape index (κ1) is 18.9. The van der Waals surface area contributed by atoms with E-state index in [-0.39, 0.29) is 11.3 Å². The van der Waals surface area contributed by atoms with E-state index < -0.39 is 28.2 Å². The van der Waals surface area contributed by atoms with E-state index in [1.165, 1.54) is 0 Å². The van der Waals surface area contributed by atoms with Gasteiger partial charge < -0.3 is 25.2 Å². The fraction of sp³-hybridized carbons (Fsp3) is 0.296. The molecule has 0 bridgehead atoms. The molecule has 166 valence electrons. The van der Waals surface area contributed by atoms with E-state index in [2.05, 4.69) is 42.7 Å². The maximum atomic E-state index is 13.3. The second-order valence-electron chi connectivity index (χ2n) is 10.2. The molecule has 6 nitrogen and oxygen atoms in total. The summed E-state index contributed by atoms with van der Waals surface area (Å²) in [5.41, 5.74) is 2.77. The molecule has 0 aromatic heterocycles. The van der Waals surface area contributed by atoms with Crippen molar-refractivity contribution in [2.45, 2.75) is 50.0 Å². The molecule has 3 N–H and O–H groups in total. The number of anilines is 2. The van der Waals surface area contributed by atoms with Gasteiger partial charge in [-0.15, -0.1) is 0 Å². The van der Waals surface area contributed by atoms with E-state index in [9.17, 15) is 9.90 Å². The van der Waals surface area contributed by atoms with Crippen LogP contribution in [-0.4, -0.2) is 22.5 Å². The van der Waals surface area contributed by atoms with Gasteiger partial charge in [0.15, 0.2) is 22.9 Å². The molecular formula is C27H24N2O4. The minimum absolute atomic E-state index is 0.156. The number of nitrogens with one attached hydrogen (secondary N) is 2. The number of carbonyl (C=O) groups is 1. The number of hydrogen-bond donors (Lipinski definition) is 3. The molecule has 6 heteroatoms. The number of phenolic OH excluding ortho intramolecular Hbond substituents is 1. The number of aromatic hydroxyl groups is 1. The third-order valence-electron chi connectivity index (χ3n) is 8.73. The number of ether oxygens (including phenoxy) is 2. The van der Waals surface area contributed by atoms with Crippen LogP contribution in [-0.2, 0) is 15.6 Å². The molecule has 3 aromatic rings. The molecule has 0 unspecified atom stereocenters. The van der Waals surface area contributed by atoms with Crippen LogP contribution < -0.4 is 15.4 Å². The Morgan fingerprint density at radius 2 is 1.24 bits per heavy atom. The Labute approximate surface area is 191 Å². The standard InChI is InChI=1S/C27H24N2O4/c1-24-14-9-5-7-11-18(14)29-27(24,4)33-23(31)20-16(24)13-17-22(21(20)30)32-26(3)25(17,2)15-10-6-8-12-19(15)28-26/h5-13,28-30H,1-4H3/t24-,25+,26-,27+/m1/s1. The van der Waals surface area contributed by atoms with E-state index in [0.29, 0.717) is 5.75 Å². The Bertz CT molecular complexity index is 1430. The van der Waals surface area contributed by atoms with Crippen molar-refractivity contribution in [1.29, 1.82) is 0 Å². The van der Waals surface area contributed by atoms with Crippen LogP contribution in [0.5, 0.6) is 11.5 Å². The molecule has 4 heterocycles. The molecule has 4 aliphatic rings. The van der Waals surface area contributed by atoms with E-state index in [1.807, 2.05) is 50.2 Å². The first-order valence-electron chi connectivity index (χ1n) is 11.2. The fourth-order valence-corrected chi connectivity index (χ4v) is 6.56. The summed E-state index contributed by atoms with van der Waals surface area (Å²) in [6.45, 7) is 8.09. The summed E-state index contributed by atoms with van der Waals surface area (Å²) in [5, 5.41) is 18.4. The molecule has 0 spiro atoms. The normalized spacial score (nSPS) is 33.9. The van der Waals surface area contributed by atoms with Crippen molar-refractivity contribution in [3.05, 3.63) is 82.4 Å². The molecule has 0 amide bonds. The fourth-order valence-electron chi connectivity index (χ4n) is 6.56. The highest BCUT2D eigenvalue weighted by Crippen LogP contribution is 2.64. The van der Waals surface area contributed by atoms with Gasteiger partial charge in [0.2, 0.25) is 0 Å². The molecule has 3 aromatic carbocycles. The number of phenols is 1. The van der Waals surface area contributed by atoms with Crippen molar-refractivity contribution in [1.82, 2.24) is 0 Å². The summed E-state index contributed by atoms with van der Waals surface area (Å²) in [6, 6.07) is 18.2. The summed E-state index contributed by atoms with van der Waals surface area (Å²) >= 11 is 0. The lowest BCUT2D eigenvalue weighted by Crippen LogP contribution is -2.56. The summed E-state index contributed by atoms with van der Waals surface area (Å²) in [5.74, 6) is -0.379. The smallest absolute Gasteiger partial charge is 0.344 e. The van der Waals surface area contributed by atoms with Gasteiger partial charge >= 0.3 is 5.97 Å². The predicted molar refractivity (Wildman–Crippen MR) is 124 cm³/mol. The number of para-hydroxylation sites is 2. The molecule has 0 saturated heterocycles. The maximum Gasteiger partial charge on any atom is 0.344 e. The zero-order chi connectivity index (χ0) is 23.0. The number of carbonyl (C=O) groups excluding carboxylic acids is 1. The van der Waals surface area contributed by atoms with E-state index in [0.717, 1.165) is 33.6 Å². The topological polar surface area (TPSA) is 79.8 Å². The Morgan fingerprint density at radius 3 is 1.85 bits per heavy atom. The number of fused-ring (bicyclic) bond motifs is 10. The van der Waals surface area contributed by atoms with Gasteiger partial charge in [0, 0.05) is 16.9 Å². The van der Waals surface area contributed by atoms with Gasteiger partial charge in [-0.2, -0.15) is 0 Å². The van der Waals surface area contributed by atoms with Crippen LogP contribution >= 0.6 is 0 Å². The predicted octanol–water partition coefficient (Wildman–Crippen LogP) is 4.85. The van der Waals surface area contributed by atoms with Crippen molar-refractivity contribution in [2.24, 2.45) is 0 Å². The average Bonchev–Trinajstić information content (AvgIpc) is 3.25. The van der Waals surface area contributed by atoms with Crippen LogP contribution in [0.3, 0.4) is 0 Å². The van der Waals surface area contributed by atoms with Gasteiger partial charge in [0.25, 0.3) is 0 Å². The molecule has 0 aliphatic carbocycles. The Kier molecular flexibility index (Phi) is 3.02. The summed E-state index contributed by atoms with van der Waals surface area (Å²) < 4.78 is 12.4. The summed E-state index contributed by atoms with van der Waals surface area (Å²) in [6.07, 6.45) is 0. The van der Waals surface area contributed by atoms with Crippen molar-refractivity contribution in [3.63, 3.8) is 0 Å². The van der Waals surface area contributed by atoms with Crippen molar-refractivity contribution in [3.8, 4) is 11.5 Å². The Balaban J connectivity index is 1.57. The zero-order valence-corrected chi connectivity index (χ0v) is 18.9. The largest absolute Gasteiger partial charge is 0.504 e. The third kappa shape index (κ3) is 1.80. The van der Waals surface area contributed by atoms with Gasteiger partial charge in [-0.05, 0) is 62.6 Å². The molecular weight excluding hydrogens is 416 g/mol. The quantitative estimate of drug-likeness (QED) is 0.434. The van der Waals surface area contributed by atoms with Crippen LogP contribution in [0.2, 0.25) is 0 Å². The molecule has 0 radical (unpaired) electrons. The van der Waals surface area contributed by atoms with Gasteiger partial charge in [-0.1, -0.05) is 36.4 Å². The zero-order valence-electron chi connectivity index (χ0n) is 18.9. The van der Waals surface area contributed by atoms with E-state index >= 15 is 0 Å². The number of benzene rings is 3. The third-order valence-corrected chi connectivity index (χ3v) is 8.73. The number of hydrogen-bond acceptors (Lipinski definition) is 6. The highest BCUT2D eigenvalue weighted by atomic mass is 16.6. The molecule has 4 aliphatic heterocycles. The first-order valence-corrected chi connectivity index (χ1v) is 11.2. The molecule has 0 fully saturated rings. The highest BCUT2D eigenvalue weighted by molar-refractivity contribution is 6.00. The van der Waals surface area contributed by atoms with Crippen molar-refractivity contribution < 1.29 is 19.4 Å². The van der Waals surface area contributed by atoms with E-state index in [4.69, 9.17) is 9.47 Å². The average molecular weight is 440 g/mol. The Hall–Kier alpha value is -3.67. The lowest BCUT2D eigenvalue weighted by molar-refractivity contribution is -0.0272. The molecule has 4 atom stereocenters. The van der Waals surface area contributed by atoms with Gasteiger partial charge in [0.05, 0.1) is 10.8 Å². The minimum Gasteiger partial charge on any atom is -0.504 e. The SMILES string of the molecule is C[C@]12c3ccccc3N[C@@]1(C)OC(=O)c1c2cc2c(c1O)O[C@@]1(C)Nc3ccccc3[C@@]21C. The lowest BCUT2D eigenvalue weighted by atomic mass is 9.65. The summed E-state index contributed by atoms with van der Waals surface area (Å²) in [4.78, 5) is 13.3. The molecule has 0 saturated carbocycles. The highest BCUT2D eigenvalue weighted by Gasteiger charge is 2.65. The second kappa shape index (κ2) is 5.28. The molecule has 7 rings (SSSR count). The van der Waals surface area contributed by atoms with Crippen molar-refractivity contribution >= 4 is 17.3 Å². The summed E-state index contributed by atoms with van der Waals surface area (Å²) in [7, 11) is 0. The van der Waals surface area contributed by atoms with Gasteiger partial charge in [-0.3, -0.25) is 0 Å². The number of esters is 1. The van der Waals surface area contributed by atoms with Crippen LogP contribution in [0.15, 0.2) is 54.6 Å². The van der Waals surface area contributed by atoms with Crippen LogP contribution in [0.4, 0.5) is 11.4 Å². The number of rotatable bonds is 0. The maximum absolute atomic E-state index is 13.3. The second-order valence-corrected chi connectivity index (χ2v) is 10.2.